The predicted octanol–water partition coefficient (Wildman–Crippen LogP) is 3.14. The van der Waals surface area contributed by atoms with Gasteiger partial charge in [0.15, 0.2) is 0 Å². The van der Waals surface area contributed by atoms with Crippen molar-refractivity contribution in [2.24, 2.45) is 0 Å². The zero-order chi connectivity index (χ0) is 25.8. The van der Waals surface area contributed by atoms with Crippen LogP contribution in [0.1, 0.15) is 67.6 Å². The van der Waals surface area contributed by atoms with Crippen LogP contribution in [-0.4, -0.2) is 68.3 Å². The Morgan fingerprint density at radius 3 is 2.51 bits per heavy atom. The standard InChI is InChI=1S/C26H26N6O4S/c1-14-15(2)37-23-21(14)22(27-13-28-23)17-5-8-30(9-6-17)12-16-3-4-18-19(11-16)25(35)32(24(18)34)31-10-7-20(33)29-26(31)36/h3-4,11,13,17H,5-10,12H2,1-2H3,(H,29,33,36). The van der Waals surface area contributed by atoms with E-state index in [2.05, 4.69) is 34.0 Å². The quantitative estimate of drug-likeness (QED) is 0.528. The number of fused-ring (bicyclic) bond motifs is 2. The molecule has 37 heavy (non-hydrogen) atoms. The number of carbonyl (C=O) groups excluding carboxylic acids is 4. The van der Waals surface area contributed by atoms with Gasteiger partial charge in [0, 0.05) is 29.1 Å². The van der Waals surface area contributed by atoms with Gasteiger partial charge >= 0.3 is 6.03 Å². The summed E-state index contributed by atoms with van der Waals surface area (Å²) >= 11 is 1.72. The first kappa shape index (κ1) is 23.7. The molecule has 0 atom stereocenters. The molecule has 5 amide bonds. The van der Waals surface area contributed by atoms with E-state index in [4.69, 9.17) is 0 Å². The van der Waals surface area contributed by atoms with Crippen LogP contribution in [0, 0.1) is 13.8 Å². The number of likely N-dealkylation sites (tertiary alicyclic amines) is 1. The number of urea groups is 1. The summed E-state index contributed by atoms with van der Waals surface area (Å²) in [5.41, 5.74) is 3.92. The van der Waals surface area contributed by atoms with Crippen LogP contribution in [0.25, 0.3) is 10.2 Å². The number of carbonyl (C=O) groups is 4. The van der Waals surface area contributed by atoms with Crippen molar-refractivity contribution in [1.29, 1.82) is 0 Å². The van der Waals surface area contributed by atoms with E-state index < -0.39 is 23.8 Å². The van der Waals surface area contributed by atoms with E-state index in [0.29, 0.717) is 12.5 Å². The van der Waals surface area contributed by atoms with Crippen molar-refractivity contribution in [2.45, 2.75) is 45.6 Å². The van der Waals surface area contributed by atoms with E-state index in [1.54, 1.807) is 29.8 Å². The minimum Gasteiger partial charge on any atom is -0.299 e. The Balaban J connectivity index is 1.14. The Morgan fingerprint density at radius 2 is 1.76 bits per heavy atom. The second-order valence-electron chi connectivity index (χ2n) is 9.80. The van der Waals surface area contributed by atoms with E-state index in [-0.39, 0.29) is 24.1 Å². The lowest BCUT2D eigenvalue weighted by molar-refractivity contribution is -0.122. The third-order valence-electron chi connectivity index (χ3n) is 7.58. The van der Waals surface area contributed by atoms with E-state index in [1.807, 2.05) is 6.07 Å². The van der Waals surface area contributed by atoms with Gasteiger partial charge in [0.25, 0.3) is 11.8 Å². The first-order valence-corrected chi connectivity index (χ1v) is 13.2. The van der Waals surface area contributed by atoms with E-state index in [9.17, 15) is 19.2 Å². The Morgan fingerprint density at radius 1 is 1.00 bits per heavy atom. The number of hydrogen-bond acceptors (Lipinski definition) is 8. The van der Waals surface area contributed by atoms with Gasteiger partial charge in [-0.25, -0.2) is 19.8 Å². The SMILES string of the molecule is Cc1sc2ncnc(C3CCN(Cc4ccc5c(c4)C(=O)N(N4CCC(=O)NC4=O)C5=O)CC3)c2c1C. The molecule has 3 aromatic rings. The van der Waals surface area contributed by atoms with Crippen LogP contribution in [0.5, 0.6) is 0 Å². The number of nitrogens with one attached hydrogen (secondary N) is 1. The van der Waals surface area contributed by atoms with Gasteiger partial charge in [0.1, 0.15) is 11.2 Å². The van der Waals surface area contributed by atoms with Gasteiger partial charge in [-0.15, -0.1) is 11.3 Å². The number of rotatable bonds is 4. The lowest BCUT2D eigenvalue weighted by Gasteiger charge is -2.32. The van der Waals surface area contributed by atoms with Crippen LogP contribution in [0.3, 0.4) is 0 Å². The highest BCUT2D eigenvalue weighted by Crippen LogP contribution is 2.37. The maximum Gasteiger partial charge on any atom is 0.343 e. The third kappa shape index (κ3) is 3.98. The third-order valence-corrected chi connectivity index (χ3v) is 8.69. The van der Waals surface area contributed by atoms with Gasteiger partial charge in [0.2, 0.25) is 5.91 Å². The van der Waals surface area contributed by atoms with Crippen molar-refractivity contribution in [3.63, 3.8) is 0 Å². The zero-order valence-corrected chi connectivity index (χ0v) is 21.4. The van der Waals surface area contributed by atoms with E-state index in [1.165, 1.54) is 15.8 Å². The molecule has 1 N–H and O–H groups in total. The molecule has 0 saturated carbocycles. The number of hydrogen-bond donors (Lipinski definition) is 1. The van der Waals surface area contributed by atoms with Crippen LogP contribution in [0.2, 0.25) is 0 Å². The predicted molar refractivity (Wildman–Crippen MR) is 136 cm³/mol. The number of benzene rings is 1. The second-order valence-corrected chi connectivity index (χ2v) is 11.0. The molecule has 0 spiro atoms. The van der Waals surface area contributed by atoms with Crippen LogP contribution in [0.15, 0.2) is 24.5 Å². The summed E-state index contributed by atoms with van der Waals surface area (Å²) in [6.07, 6.45) is 3.68. The largest absolute Gasteiger partial charge is 0.343 e. The highest BCUT2D eigenvalue weighted by Gasteiger charge is 2.43. The molecule has 2 saturated heterocycles. The molecule has 11 heteroatoms. The van der Waals surface area contributed by atoms with Crippen molar-refractivity contribution < 1.29 is 19.2 Å². The fourth-order valence-electron chi connectivity index (χ4n) is 5.48. The van der Waals surface area contributed by atoms with Crippen molar-refractivity contribution in [3.05, 3.63) is 57.4 Å². The van der Waals surface area contributed by atoms with Gasteiger partial charge in [-0.2, -0.15) is 5.01 Å². The summed E-state index contributed by atoms with van der Waals surface area (Å²) < 4.78 is 0. The van der Waals surface area contributed by atoms with E-state index in [0.717, 1.165) is 52.0 Å². The Bertz CT molecular complexity index is 1480. The molecule has 0 bridgehead atoms. The normalized spacial score (nSPS) is 19.2. The molecule has 190 valence electrons. The van der Waals surface area contributed by atoms with Crippen LogP contribution < -0.4 is 5.32 Å². The maximum atomic E-state index is 13.1. The summed E-state index contributed by atoms with van der Waals surface area (Å²) in [4.78, 5) is 63.5. The van der Waals surface area contributed by atoms with E-state index >= 15 is 0 Å². The summed E-state index contributed by atoms with van der Waals surface area (Å²) in [5.74, 6) is -1.13. The fourth-order valence-corrected chi connectivity index (χ4v) is 6.49. The Kier molecular flexibility index (Phi) is 5.76. The number of nitrogens with zero attached hydrogens (tertiary/aromatic N) is 5. The molecule has 3 aliphatic heterocycles. The second kappa shape index (κ2) is 9.00. The van der Waals surface area contributed by atoms with Crippen LogP contribution in [0.4, 0.5) is 4.79 Å². The van der Waals surface area contributed by atoms with Crippen molar-refractivity contribution >= 4 is 45.3 Å². The summed E-state index contributed by atoms with van der Waals surface area (Å²) in [6.45, 7) is 6.72. The number of imide groups is 2. The minimum atomic E-state index is -0.761. The van der Waals surface area contributed by atoms with Gasteiger partial charge in [-0.1, -0.05) is 6.07 Å². The number of piperidine rings is 1. The molecular formula is C26H26N6O4S. The first-order chi connectivity index (χ1) is 17.8. The summed E-state index contributed by atoms with van der Waals surface area (Å²) in [7, 11) is 0. The van der Waals surface area contributed by atoms with Crippen LogP contribution in [-0.2, 0) is 11.3 Å². The molecule has 6 rings (SSSR count). The molecular weight excluding hydrogens is 492 g/mol. The van der Waals surface area contributed by atoms with Gasteiger partial charge in [-0.05, 0) is 63.0 Å². The average Bonchev–Trinajstić information content (AvgIpc) is 3.31. The summed E-state index contributed by atoms with van der Waals surface area (Å²) in [5, 5.41) is 5.22. The number of aromatic nitrogens is 2. The maximum absolute atomic E-state index is 13.1. The molecule has 10 nitrogen and oxygen atoms in total. The highest BCUT2D eigenvalue weighted by molar-refractivity contribution is 7.18. The van der Waals surface area contributed by atoms with Gasteiger partial charge in [0.05, 0.1) is 23.4 Å². The minimum absolute atomic E-state index is 0.0128. The Labute approximate surface area is 217 Å². The number of hydrazine groups is 1. The lowest BCUT2D eigenvalue weighted by atomic mass is 9.90. The molecule has 2 fully saturated rings. The highest BCUT2D eigenvalue weighted by atomic mass is 32.1. The molecule has 0 unspecified atom stereocenters. The summed E-state index contributed by atoms with van der Waals surface area (Å²) in [6, 6.07) is 4.51. The smallest absolute Gasteiger partial charge is 0.299 e. The average molecular weight is 519 g/mol. The number of amides is 5. The number of thiophene rings is 1. The topological polar surface area (TPSA) is 116 Å². The molecule has 2 aromatic heterocycles. The lowest BCUT2D eigenvalue weighted by Crippen LogP contribution is -2.58. The van der Waals surface area contributed by atoms with Gasteiger partial charge < -0.3 is 0 Å². The molecule has 0 radical (unpaired) electrons. The number of aryl methyl sites for hydroxylation is 2. The molecule has 3 aliphatic rings. The Hall–Kier alpha value is -3.70. The molecule has 5 heterocycles. The monoisotopic (exact) mass is 518 g/mol. The van der Waals surface area contributed by atoms with Crippen LogP contribution >= 0.6 is 11.3 Å². The van der Waals surface area contributed by atoms with Crippen molar-refractivity contribution in [1.82, 2.24) is 30.2 Å². The van der Waals surface area contributed by atoms with Crippen molar-refractivity contribution in [3.8, 4) is 0 Å². The molecule has 0 aliphatic carbocycles. The van der Waals surface area contributed by atoms with Crippen molar-refractivity contribution in [2.75, 3.05) is 19.6 Å². The molecule has 1 aromatic carbocycles. The fraction of sp³-hybridized carbons (Fsp3) is 0.385. The first-order valence-electron chi connectivity index (χ1n) is 12.4. The zero-order valence-electron chi connectivity index (χ0n) is 20.6. The van der Waals surface area contributed by atoms with Gasteiger partial charge in [-0.3, -0.25) is 24.6 Å².